The highest BCUT2D eigenvalue weighted by Gasteiger charge is 2.50. The van der Waals surface area contributed by atoms with Crippen LogP contribution in [0.15, 0.2) is 48.5 Å². The Morgan fingerprint density at radius 2 is 1.90 bits per heavy atom. The van der Waals surface area contributed by atoms with Gasteiger partial charge in [0, 0.05) is 24.2 Å². The Hall–Kier alpha value is -2.52. The highest BCUT2D eigenvalue weighted by atomic mass is 28.4. The van der Waals surface area contributed by atoms with Crippen LogP contribution in [0, 0.1) is 5.92 Å². The molecule has 39 heavy (non-hydrogen) atoms. The number of nitrogens with zero attached hydrogens (tertiary/aromatic N) is 2. The lowest BCUT2D eigenvalue weighted by molar-refractivity contribution is -0.135. The van der Waals surface area contributed by atoms with E-state index in [2.05, 4.69) is 25.1 Å². The molecular weight excluding hydrogens is 508 g/mol. The van der Waals surface area contributed by atoms with E-state index < -0.39 is 8.32 Å². The number of aliphatic hydroxyl groups excluding tert-OH is 1. The van der Waals surface area contributed by atoms with Crippen molar-refractivity contribution < 1.29 is 24.2 Å². The molecule has 0 aliphatic carbocycles. The number of ether oxygens (including phenoxy) is 1. The average molecular weight is 551 g/mol. The van der Waals surface area contributed by atoms with Gasteiger partial charge in [-0.2, -0.15) is 0 Å². The second kappa shape index (κ2) is 11.5. The summed E-state index contributed by atoms with van der Waals surface area (Å²) < 4.78 is 6.54. The molecule has 0 bridgehead atoms. The molecule has 8 heteroatoms. The van der Waals surface area contributed by atoms with Crippen LogP contribution in [0.2, 0.25) is 18.6 Å². The van der Waals surface area contributed by atoms with Crippen LogP contribution in [0.1, 0.15) is 50.2 Å². The van der Waals surface area contributed by atoms with Gasteiger partial charge in [0.15, 0.2) is 8.32 Å². The standard InChI is InChI=1S/C31H42N2O5Si/c1-21-27(38-28(31(21)39(2,3)37)19-30(36)32-17-7-11-25(32)20-34)15-13-22-8-6-10-24(18-22)33-26-12-5-4-9-23(26)14-16-29(33)35/h4-6,8-10,12,18,21,25,27-28,31,34,37H,7,11,13-17,19-20H2,1-3H3/t21-,25-,27+,28-,31+/m0/s1. The van der Waals surface area contributed by atoms with Crippen LogP contribution < -0.4 is 4.90 Å². The first-order valence-electron chi connectivity index (χ1n) is 14.5. The van der Waals surface area contributed by atoms with Crippen LogP contribution in [-0.4, -0.2) is 66.3 Å². The zero-order valence-corrected chi connectivity index (χ0v) is 24.4. The first-order chi connectivity index (χ1) is 18.7. The summed E-state index contributed by atoms with van der Waals surface area (Å²) in [6.45, 7) is 6.71. The number of fused-ring (bicyclic) bond motifs is 1. The molecular formula is C31H42N2O5Si. The van der Waals surface area contributed by atoms with Crippen LogP contribution in [-0.2, 0) is 27.2 Å². The van der Waals surface area contributed by atoms with Gasteiger partial charge in [0.2, 0.25) is 11.8 Å². The lowest BCUT2D eigenvalue weighted by atomic mass is 9.94. The largest absolute Gasteiger partial charge is 0.432 e. The van der Waals surface area contributed by atoms with Crippen molar-refractivity contribution in [2.45, 2.75) is 88.8 Å². The summed E-state index contributed by atoms with van der Waals surface area (Å²) in [6.07, 6.45) is 4.49. The van der Waals surface area contributed by atoms with Crippen molar-refractivity contribution >= 4 is 31.5 Å². The van der Waals surface area contributed by atoms with Gasteiger partial charge in [-0.1, -0.05) is 37.3 Å². The van der Waals surface area contributed by atoms with Crippen LogP contribution >= 0.6 is 0 Å². The van der Waals surface area contributed by atoms with Gasteiger partial charge >= 0.3 is 0 Å². The number of hydrogen-bond donors (Lipinski definition) is 2. The molecule has 3 aliphatic rings. The zero-order valence-electron chi connectivity index (χ0n) is 23.4. The molecule has 2 N–H and O–H groups in total. The lowest BCUT2D eigenvalue weighted by Crippen LogP contribution is -2.43. The van der Waals surface area contributed by atoms with Gasteiger partial charge in [-0.05, 0) is 80.4 Å². The molecule has 2 amide bonds. The van der Waals surface area contributed by atoms with Crippen molar-refractivity contribution in [3.8, 4) is 0 Å². The normalized spacial score (nSPS) is 27.2. The quantitative estimate of drug-likeness (QED) is 0.470. The van der Waals surface area contributed by atoms with Crippen molar-refractivity contribution in [2.75, 3.05) is 18.1 Å². The maximum atomic E-state index is 13.2. The first-order valence-corrected chi connectivity index (χ1v) is 17.5. The predicted molar refractivity (Wildman–Crippen MR) is 154 cm³/mol. The number of rotatable bonds is 8. The maximum absolute atomic E-state index is 13.2. The number of carbonyl (C=O) groups excluding carboxylic acids is 2. The number of aryl methyl sites for hydroxylation is 2. The van der Waals surface area contributed by atoms with Crippen molar-refractivity contribution in [3.05, 3.63) is 59.7 Å². The molecule has 7 nitrogen and oxygen atoms in total. The summed E-state index contributed by atoms with van der Waals surface area (Å²) in [5, 5.41) is 9.68. The number of aliphatic hydroxyl groups is 1. The molecule has 5 rings (SSSR count). The summed E-state index contributed by atoms with van der Waals surface area (Å²) in [6, 6.07) is 16.2. The van der Waals surface area contributed by atoms with Crippen molar-refractivity contribution in [1.29, 1.82) is 0 Å². The summed E-state index contributed by atoms with van der Waals surface area (Å²) in [5.74, 6) is 0.276. The van der Waals surface area contributed by atoms with E-state index >= 15 is 0 Å². The Bertz CT molecular complexity index is 1200. The predicted octanol–water partition coefficient (Wildman–Crippen LogP) is 4.57. The van der Waals surface area contributed by atoms with E-state index in [0.717, 1.165) is 49.0 Å². The fraction of sp³-hybridized carbons (Fsp3) is 0.548. The molecule has 0 radical (unpaired) electrons. The minimum absolute atomic E-state index is 0.00631. The Labute approximate surface area is 232 Å². The third-order valence-corrected chi connectivity index (χ3v) is 11.5. The minimum Gasteiger partial charge on any atom is -0.432 e. The highest BCUT2D eigenvalue weighted by molar-refractivity contribution is 6.71. The summed E-state index contributed by atoms with van der Waals surface area (Å²) in [4.78, 5) is 40.9. The van der Waals surface area contributed by atoms with Crippen molar-refractivity contribution in [1.82, 2.24) is 4.90 Å². The second-order valence-electron chi connectivity index (χ2n) is 12.1. The third kappa shape index (κ3) is 5.84. The van der Waals surface area contributed by atoms with Crippen molar-refractivity contribution in [2.24, 2.45) is 5.92 Å². The molecule has 2 fully saturated rings. The molecule has 2 aromatic rings. The number of para-hydroxylation sites is 1. The van der Waals surface area contributed by atoms with Crippen LogP contribution in [0.5, 0.6) is 0 Å². The van der Waals surface area contributed by atoms with Gasteiger partial charge in [-0.25, -0.2) is 0 Å². The Kier molecular flexibility index (Phi) is 8.28. The van der Waals surface area contributed by atoms with Gasteiger partial charge in [-0.15, -0.1) is 0 Å². The second-order valence-corrected chi connectivity index (χ2v) is 16.1. The van der Waals surface area contributed by atoms with Gasteiger partial charge in [0.1, 0.15) is 0 Å². The molecule has 3 heterocycles. The fourth-order valence-electron chi connectivity index (χ4n) is 7.12. The molecule has 0 saturated carbocycles. The molecule has 5 atom stereocenters. The van der Waals surface area contributed by atoms with Crippen molar-refractivity contribution in [3.63, 3.8) is 0 Å². The summed E-state index contributed by atoms with van der Waals surface area (Å²) >= 11 is 0. The number of likely N-dealkylation sites (tertiary alicyclic amines) is 1. The molecule has 210 valence electrons. The van der Waals surface area contributed by atoms with Gasteiger partial charge < -0.3 is 19.5 Å². The molecule has 2 saturated heterocycles. The number of anilines is 2. The first kappa shape index (κ1) is 28.0. The zero-order chi connectivity index (χ0) is 27.7. The minimum atomic E-state index is -2.59. The third-order valence-electron chi connectivity index (χ3n) is 8.98. The van der Waals surface area contributed by atoms with E-state index in [0.29, 0.717) is 13.0 Å². The van der Waals surface area contributed by atoms with E-state index in [9.17, 15) is 19.5 Å². The monoisotopic (exact) mass is 550 g/mol. The van der Waals surface area contributed by atoms with E-state index in [1.54, 1.807) is 4.90 Å². The SMILES string of the molecule is C[C@@H]1[C@@H]([Si](C)(C)O)[C@H](CC(=O)N2CCC[C@H]2CO)O[C@@H]1CCc1cccc(N2C(=O)CCc3ccccc32)c1. The van der Waals surface area contributed by atoms with Gasteiger partial charge in [0.05, 0.1) is 37.0 Å². The number of hydrogen-bond acceptors (Lipinski definition) is 5. The molecule has 0 spiro atoms. The number of benzene rings is 2. The maximum Gasteiger partial charge on any atom is 0.231 e. The van der Waals surface area contributed by atoms with Gasteiger partial charge in [-0.3, -0.25) is 14.5 Å². The molecule has 0 unspecified atom stereocenters. The van der Waals surface area contributed by atoms with E-state index in [-0.39, 0.29) is 54.6 Å². The van der Waals surface area contributed by atoms with Crippen LogP contribution in [0.25, 0.3) is 0 Å². The molecule has 2 aromatic carbocycles. The topological polar surface area (TPSA) is 90.3 Å². The van der Waals surface area contributed by atoms with E-state index in [4.69, 9.17) is 4.74 Å². The Balaban J connectivity index is 1.28. The highest BCUT2D eigenvalue weighted by Crippen LogP contribution is 2.46. The average Bonchev–Trinajstić information content (AvgIpc) is 3.51. The smallest absolute Gasteiger partial charge is 0.231 e. The fourth-order valence-corrected chi connectivity index (χ4v) is 9.73. The van der Waals surface area contributed by atoms with E-state index in [1.807, 2.05) is 48.3 Å². The Morgan fingerprint density at radius 3 is 2.67 bits per heavy atom. The lowest BCUT2D eigenvalue weighted by Gasteiger charge is -2.31. The van der Waals surface area contributed by atoms with Crippen LogP contribution in [0.4, 0.5) is 11.4 Å². The van der Waals surface area contributed by atoms with Crippen LogP contribution in [0.3, 0.4) is 0 Å². The summed E-state index contributed by atoms with van der Waals surface area (Å²) in [5.41, 5.74) is 4.15. The Morgan fingerprint density at radius 1 is 1.10 bits per heavy atom. The van der Waals surface area contributed by atoms with Gasteiger partial charge in [0.25, 0.3) is 0 Å². The molecule has 3 aliphatic heterocycles. The number of carbonyl (C=O) groups is 2. The molecule has 0 aromatic heterocycles. The summed E-state index contributed by atoms with van der Waals surface area (Å²) in [7, 11) is -2.59. The number of amides is 2. The van der Waals surface area contributed by atoms with E-state index in [1.165, 1.54) is 5.56 Å².